The van der Waals surface area contributed by atoms with Crippen LogP contribution in [0.2, 0.25) is 0 Å². The number of aromatic amines is 1. The molecule has 0 bridgehead atoms. The normalized spacial score (nSPS) is 11.1. The van der Waals surface area contributed by atoms with Crippen molar-refractivity contribution in [1.82, 2.24) is 24.8 Å². The first-order chi connectivity index (χ1) is 6.86. The third-order valence-corrected chi connectivity index (χ3v) is 2.01. The molecule has 0 atom stereocenters. The van der Waals surface area contributed by atoms with Crippen LogP contribution in [0.5, 0.6) is 0 Å². The molecule has 0 aliphatic rings. The maximum atomic E-state index is 11.8. The predicted octanol–water partition coefficient (Wildman–Crippen LogP) is -0.0342. The molecule has 6 heteroatoms. The van der Waals surface area contributed by atoms with Crippen LogP contribution in [-0.2, 0) is 0 Å². The maximum absolute atomic E-state index is 11.8. The maximum Gasteiger partial charge on any atom is 0.283 e. The number of nitrogens with zero attached hydrogens (tertiary/aromatic N) is 4. The first-order valence-corrected chi connectivity index (χ1v) is 4.03. The van der Waals surface area contributed by atoms with E-state index in [1.165, 1.54) is 10.7 Å². The summed E-state index contributed by atoms with van der Waals surface area (Å²) in [7, 11) is 0. The van der Waals surface area contributed by atoms with Crippen LogP contribution in [0, 0.1) is 0 Å². The highest BCUT2D eigenvalue weighted by atomic mass is 16.1. The van der Waals surface area contributed by atoms with E-state index in [2.05, 4.69) is 20.3 Å². The fourth-order valence-electron chi connectivity index (χ4n) is 1.36. The Morgan fingerprint density at radius 2 is 2.36 bits per heavy atom. The zero-order chi connectivity index (χ0) is 9.54. The average molecular weight is 187 g/mol. The molecule has 0 fully saturated rings. The van der Waals surface area contributed by atoms with Crippen molar-refractivity contribution in [1.29, 1.82) is 0 Å². The standard InChI is InChI=1S/C8H5N5O/c14-8-5-2-1-3-9-7(5)11-6-4-10-12-13(6)8/h1-4,12H. The highest BCUT2D eigenvalue weighted by Crippen LogP contribution is 2.03. The van der Waals surface area contributed by atoms with Crippen molar-refractivity contribution >= 4 is 16.7 Å². The highest BCUT2D eigenvalue weighted by Gasteiger charge is 2.05. The van der Waals surface area contributed by atoms with Crippen LogP contribution in [0.15, 0.2) is 29.3 Å². The Labute approximate surface area is 77.2 Å². The molecule has 0 aliphatic carbocycles. The molecule has 0 saturated carbocycles. The summed E-state index contributed by atoms with van der Waals surface area (Å²) in [6, 6.07) is 3.39. The van der Waals surface area contributed by atoms with Crippen molar-refractivity contribution in [3.8, 4) is 0 Å². The predicted molar refractivity (Wildman–Crippen MR) is 48.9 cm³/mol. The first kappa shape index (κ1) is 7.19. The minimum absolute atomic E-state index is 0.185. The Balaban J connectivity index is 2.70. The van der Waals surface area contributed by atoms with E-state index in [-0.39, 0.29) is 5.56 Å². The number of hydrogen-bond acceptors (Lipinski definition) is 4. The second-order valence-corrected chi connectivity index (χ2v) is 2.84. The molecule has 3 heterocycles. The molecular formula is C8H5N5O. The van der Waals surface area contributed by atoms with Gasteiger partial charge in [0.25, 0.3) is 5.56 Å². The SMILES string of the molecule is O=c1c2cccnc2nc2cn[nH]n12. The third kappa shape index (κ3) is 0.792. The minimum Gasteiger partial charge on any atom is -0.267 e. The Morgan fingerprint density at radius 3 is 3.29 bits per heavy atom. The monoisotopic (exact) mass is 187 g/mol. The van der Waals surface area contributed by atoms with Crippen molar-refractivity contribution in [2.75, 3.05) is 0 Å². The molecule has 68 valence electrons. The van der Waals surface area contributed by atoms with Crippen molar-refractivity contribution in [2.24, 2.45) is 0 Å². The summed E-state index contributed by atoms with van der Waals surface area (Å²) < 4.78 is 1.28. The van der Waals surface area contributed by atoms with Gasteiger partial charge in [-0.2, -0.15) is 9.61 Å². The fourth-order valence-corrected chi connectivity index (χ4v) is 1.36. The van der Waals surface area contributed by atoms with Crippen molar-refractivity contribution in [3.05, 3.63) is 34.9 Å². The molecule has 14 heavy (non-hydrogen) atoms. The fraction of sp³-hybridized carbons (Fsp3) is 0. The number of nitrogens with one attached hydrogen (secondary N) is 1. The van der Waals surface area contributed by atoms with E-state index in [9.17, 15) is 4.79 Å². The van der Waals surface area contributed by atoms with Crippen LogP contribution in [0.1, 0.15) is 0 Å². The second kappa shape index (κ2) is 2.38. The number of H-pyrrole nitrogens is 1. The quantitative estimate of drug-likeness (QED) is 0.536. The van der Waals surface area contributed by atoms with Gasteiger partial charge in [-0.15, -0.1) is 0 Å². The molecule has 0 spiro atoms. The zero-order valence-corrected chi connectivity index (χ0v) is 7.01. The summed E-state index contributed by atoms with van der Waals surface area (Å²) in [4.78, 5) is 19.9. The van der Waals surface area contributed by atoms with Gasteiger partial charge < -0.3 is 0 Å². The summed E-state index contributed by atoms with van der Waals surface area (Å²) in [5.41, 5.74) is 0.732. The smallest absolute Gasteiger partial charge is 0.267 e. The molecule has 0 aromatic carbocycles. The first-order valence-electron chi connectivity index (χ1n) is 4.03. The van der Waals surface area contributed by atoms with E-state index < -0.39 is 0 Å². The van der Waals surface area contributed by atoms with Crippen LogP contribution in [0.25, 0.3) is 16.7 Å². The lowest BCUT2D eigenvalue weighted by Crippen LogP contribution is -2.15. The number of pyridine rings is 1. The number of aromatic nitrogens is 5. The Hall–Kier alpha value is -2.24. The Morgan fingerprint density at radius 1 is 1.43 bits per heavy atom. The van der Waals surface area contributed by atoms with Gasteiger partial charge in [0.05, 0.1) is 11.6 Å². The summed E-state index contributed by atoms with van der Waals surface area (Å²) >= 11 is 0. The topological polar surface area (TPSA) is 75.9 Å². The third-order valence-electron chi connectivity index (χ3n) is 2.01. The van der Waals surface area contributed by atoms with Gasteiger partial charge >= 0.3 is 0 Å². The molecule has 3 rings (SSSR count). The summed E-state index contributed by atoms with van der Waals surface area (Å²) in [6.07, 6.45) is 3.08. The van der Waals surface area contributed by atoms with E-state index in [1.807, 2.05) is 0 Å². The number of fused-ring (bicyclic) bond motifs is 2. The average Bonchev–Trinajstić information content (AvgIpc) is 2.66. The summed E-state index contributed by atoms with van der Waals surface area (Å²) in [5.74, 6) is 0. The number of rotatable bonds is 0. The second-order valence-electron chi connectivity index (χ2n) is 2.84. The van der Waals surface area contributed by atoms with E-state index in [0.29, 0.717) is 16.7 Å². The van der Waals surface area contributed by atoms with Crippen molar-refractivity contribution in [2.45, 2.75) is 0 Å². The lowest BCUT2D eigenvalue weighted by molar-refractivity contribution is 0.828. The Bertz CT molecular complexity index is 668. The number of hydrogen-bond donors (Lipinski definition) is 1. The molecule has 6 nitrogen and oxygen atoms in total. The highest BCUT2D eigenvalue weighted by molar-refractivity contribution is 5.74. The lowest BCUT2D eigenvalue weighted by Gasteiger charge is -1.95. The van der Waals surface area contributed by atoms with Crippen LogP contribution in [0.4, 0.5) is 0 Å². The van der Waals surface area contributed by atoms with Crippen molar-refractivity contribution < 1.29 is 0 Å². The molecule has 0 saturated heterocycles. The van der Waals surface area contributed by atoms with Gasteiger partial charge in [-0.3, -0.25) is 4.79 Å². The Kier molecular flexibility index (Phi) is 1.22. The van der Waals surface area contributed by atoms with E-state index in [1.54, 1.807) is 18.3 Å². The van der Waals surface area contributed by atoms with E-state index >= 15 is 0 Å². The van der Waals surface area contributed by atoms with E-state index in [4.69, 9.17) is 0 Å². The molecule has 0 unspecified atom stereocenters. The van der Waals surface area contributed by atoms with Crippen LogP contribution in [-0.4, -0.2) is 24.8 Å². The van der Waals surface area contributed by atoms with Gasteiger partial charge in [0, 0.05) is 6.20 Å². The van der Waals surface area contributed by atoms with Crippen molar-refractivity contribution in [3.63, 3.8) is 0 Å². The molecule has 0 amide bonds. The molecule has 0 aliphatic heterocycles. The van der Waals surface area contributed by atoms with Crippen LogP contribution in [0.3, 0.4) is 0 Å². The molecule has 3 aromatic heterocycles. The largest absolute Gasteiger partial charge is 0.283 e. The van der Waals surface area contributed by atoms with Gasteiger partial charge in [-0.1, -0.05) is 0 Å². The van der Waals surface area contributed by atoms with Gasteiger partial charge in [0.1, 0.15) is 0 Å². The van der Waals surface area contributed by atoms with Gasteiger partial charge in [-0.25, -0.2) is 15.2 Å². The van der Waals surface area contributed by atoms with Gasteiger partial charge in [0.2, 0.25) is 0 Å². The molecule has 1 N–H and O–H groups in total. The molecule has 3 aromatic rings. The summed E-state index contributed by atoms with van der Waals surface area (Å²) in [6.45, 7) is 0. The van der Waals surface area contributed by atoms with Gasteiger partial charge in [0.15, 0.2) is 11.3 Å². The minimum atomic E-state index is -0.185. The molecular weight excluding hydrogens is 182 g/mol. The zero-order valence-electron chi connectivity index (χ0n) is 7.01. The lowest BCUT2D eigenvalue weighted by atomic mass is 10.3. The van der Waals surface area contributed by atoms with Crippen LogP contribution < -0.4 is 5.56 Å². The molecule has 0 radical (unpaired) electrons. The van der Waals surface area contributed by atoms with E-state index in [0.717, 1.165) is 0 Å². The summed E-state index contributed by atoms with van der Waals surface area (Å²) in [5, 5.41) is 6.76. The van der Waals surface area contributed by atoms with Gasteiger partial charge in [-0.05, 0) is 12.1 Å². The van der Waals surface area contributed by atoms with Crippen LogP contribution >= 0.6 is 0 Å².